The molecule has 1 atom stereocenters. The summed E-state index contributed by atoms with van der Waals surface area (Å²) in [5, 5.41) is 8.93. The molecule has 2 aromatic carbocycles. The van der Waals surface area contributed by atoms with Crippen molar-refractivity contribution in [3.8, 4) is 16.9 Å². The van der Waals surface area contributed by atoms with Crippen molar-refractivity contribution >= 4 is 5.97 Å². The lowest BCUT2D eigenvalue weighted by molar-refractivity contribution is 0.0697. The summed E-state index contributed by atoms with van der Waals surface area (Å²) in [4.78, 5) is 10.9. The van der Waals surface area contributed by atoms with Crippen molar-refractivity contribution in [3.63, 3.8) is 0 Å². The molecule has 0 aromatic heterocycles. The molecule has 3 heteroatoms. The molecule has 1 unspecified atom stereocenters. The van der Waals surface area contributed by atoms with Crippen LogP contribution in [0.4, 0.5) is 0 Å². The highest BCUT2D eigenvalue weighted by Gasteiger charge is 2.06. The minimum atomic E-state index is -0.905. The molecule has 0 spiro atoms. The van der Waals surface area contributed by atoms with Crippen LogP contribution in [0.1, 0.15) is 49.9 Å². The molecule has 0 heterocycles. The smallest absolute Gasteiger partial charge is 0.335 e. The summed E-state index contributed by atoms with van der Waals surface area (Å²) in [5.41, 5.74) is 2.35. The van der Waals surface area contributed by atoms with E-state index >= 15 is 0 Å². The second kappa shape index (κ2) is 8.37. The van der Waals surface area contributed by atoms with Crippen molar-refractivity contribution in [3.05, 3.63) is 54.1 Å². The van der Waals surface area contributed by atoms with Gasteiger partial charge in [0.25, 0.3) is 0 Å². The zero-order valence-corrected chi connectivity index (χ0v) is 13.8. The van der Waals surface area contributed by atoms with Crippen LogP contribution in [0.3, 0.4) is 0 Å². The standard InChI is InChI=1S/C20H24O3/c1-3-4-5-6-15(2)23-19-13-11-17(12-14-19)16-7-9-18(10-8-16)20(21)22/h7-15H,3-6H2,1-2H3,(H,21,22). The van der Waals surface area contributed by atoms with Gasteiger partial charge in [-0.1, -0.05) is 44.0 Å². The minimum absolute atomic E-state index is 0.224. The van der Waals surface area contributed by atoms with Gasteiger partial charge in [0.15, 0.2) is 0 Å². The normalized spacial score (nSPS) is 11.9. The number of hydrogen-bond donors (Lipinski definition) is 1. The van der Waals surface area contributed by atoms with E-state index in [0.29, 0.717) is 5.56 Å². The van der Waals surface area contributed by atoms with Gasteiger partial charge in [-0.2, -0.15) is 0 Å². The number of carboxylic acids is 1. The Labute approximate surface area is 137 Å². The predicted molar refractivity (Wildman–Crippen MR) is 93.1 cm³/mol. The number of carbonyl (C=O) groups is 1. The van der Waals surface area contributed by atoms with Gasteiger partial charge >= 0.3 is 5.97 Å². The van der Waals surface area contributed by atoms with Gasteiger partial charge in [0, 0.05) is 0 Å². The summed E-state index contributed by atoms with van der Waals surface area (Å²) >= 11 is 0. The van der Waals surface area contributed by atoms with Crippen molar-refractivity contribution in [1.82, 2.24) is 0 Å². The van der Waals surface area contributed by atoms with E-state index in [1.54, 1.807) is 12.1 Å². The van der Waals surface area contributed by atoms with Crippen LogP contribution in [0, 0.1) is 0 Å². The molecule has 2 aromatic rings. The quantitative estimate of drug-likeness (QED) is 0.664. The van der Waals surface area contributed by atoms with Crippen LogP contribution in [0.5, 0.6) is 5.75 Å². The van der Waals surface area contributed by atoms with Crippen LogP contribution in [0.15, 0.2) is 48.5 Å². The third kappa shape index (κ3) is 5.13. The van der Waals surface area contributed by atoms with E-state index in [1.807, 2.05) is 36.4 Å². The lowest BCUT2D eigenvalue weighted by Crippen LogP contribution is -2.11. The van der Waals surface area contributed by atoms with Gasteiger partial charge in [0.1, 0.15) is 5.75 Å². The fourth-order valence-corrected chi connectivity index (χ4v) is 2.50. The highest BCUT2D eigenvalue weighted by molar-refractivity contribution is 5.88. The molecule has 0 saturated carbocycles. The van der Waals surface area contributed by atoms with E-state index in [1.165, 1.54) is 19.3 Å². The number of carboxylic acid groups (broad SMARTS) is 1. The molecule has 0 aliphatic rings. The van der Waals surface area contributed by atoms with Crippen LogP contribution in [0.2, 0.25) is 0 Å². The van der Waals surface area contributed by atoms with Crippen LogP contribution in [-0.2, 0) is 0 Å². The summed E-state index contributed by atoms with van der Waals surface area (Å²) in [6.07, 6.45) is 4.97. The summed E-state index contributed by atoms with van der Waals surface area (Å²) in [6.45, 7) is 4.31. The molecular weight excluding hydrogens is 288 g/mol. The average molecular weight is 312 g/mol. The Morgan fingerprint density at radius 1 is 1.00 bits per heavy atom. The van der Waals surface area contributed by atoms with Gasteiger partial charge < -0.3 is 9.84 Å². The Morgan fingerprint density at radius 2 is 1.57 bits per heavy atom. The van der Waals surface area contributed by atoms with E-state index in [-0.39, 0.29) is 6.10 Å². The summed E-state index contributed by atoms with van der Waals surface area (Å²) < 4.78 is 5.92. The predicted octanol–water partition coefficient (Wildman–Crippen LogP) is 5.40. The van der Waals surface area contributed by atoms with Gasteiger partial charge in [-0.3, -0.25) is 0 Å². The molecule has 0 bridgehead atoms. The van der Waals surface area contributed by atoms with Crippen LogP contribution in [0.25, 0.3) is 11.1 Å². The van der Waals surface area contributed by atoms with E-state index < -0.39 is 5.97 Å². The fourth-order valence-electron chi connectivity index (χ4n) is 2.50. The molecule has 0 amide bonds. The van der Waals surface area contributed by atoms with Crippen molar-refractivity contribution in [2.45, 2.75) is 45.6 Å². The van der Waals surface area contributed by atoms with Gasteiger partial charge in [-0.25, -0.2) is 4.79 Å². The third-order valence-electron chi connectivity index (χ3n) is 3.87. The molecular formula is C20H24O3. The number of ether oxygens (including phenoxy) is 1. The van der Waals surface area contributed by atoms with Gasteiger partial charge in [-0.15, -0.1) is 0 Å². The molecule has 0 fully saturated rings. The highest BCUT2D eigenvalue weighted by atomic mass is 16.5. The average Bonchev–Trinajstić information content (AvgIpc) is 2.56. The number of benzene rings is 2. The molecule has 23 heavy (non-hydrogen) atoms. The van der Waals surface area contributed by atoms with Gasteiger partial charge in [0.05, 0.1) is 11.7 Å². The largest absolute Gasteiger partial charge is 0.491 e. The zero-order valence-electron chi connectivity index (χ0n) is 13.8. The Balaban J connectivity index is 1.97. The van der Waals surface area contributed by atoms with E-state index in [2.05, 4.69) is 13.8 Å². The SMILES string of the molecule is CCCCCC(C)Oc1ccc(-c2ccc(C(=O)O)cc2)cc1. The highest BCUT2D eigenvalue weighted by Crippen LogP contribution is 2.24. The number of rotatable bonds is 8. The summed E-state index contributed by atoms with van der Waals surface area (Å²) in [7, 11) is 0. The van der Waals surface area contributed by atoms with Crippen LogP contribution >= 0.6 is 0 Å². The Hall–Kier alpha value is -2.29. The van der Waals surface area contributed by atoms with E-state index in [4.69, 9.17) is 9.84 Å². The Bertz CT molecular complexity index is 614. The van der Waals surface area contributed by atoms with Crippen LogP contribution in [-0.4, -0.2) is 17.2 Å². The maximum absolute atomic E-state index is 10.9. The van der Waals surface area contributed by atoms with Crippen molar-refractivity contribution in [2.24, 2.45) is 0 Å². The number of aromatic carboxylic acids is 1. The maximum atomic E-state index is 10.9. The molecule has 1 N–H and O–H groups in total. The Morgan fingerprint density at radius 3 is 2.09 bits per heavy atom. The van der Waals surface area contributed by atoms with Crippen molar-refractivity contribution in [1.29, 1.82) is 0 Å². The lowest BCUT2D eigenvalue weighted by Gasteiger charge is -2.15. The summed E-state index contributed by atoms with van der Waals surface area (Å²) in [5.74, 6) is -0.0303. The van der Waals surface area contributed by atoms with Crippen molar-refractivity contribution < 1.29 is 14.6 Å². The first-order valence-electron chi connectivity index (χ1n) is 8.20. The lowest BCUT2D eigenvalue weighted by atomic mass is 10.0. The van der Waals surface area contributed by atoms with E-state index in [9.17, 15) is 4.79 Å². The van der Waals surface area contributed by atoms with E-state index in [0.717, 1.165) is 23.3 Å². The molecule has 3 nitrogen and oxygen atoms in total. The maximum Gasteiger partial charge on any atom is 0.335 e. The monoisotopic (exact) mass is 312 g/mol. The minimum Gasteiger partial charge on any atom is -0.491 e. The fraction of sp³-hybridized carbons (Fsp3) is 0.350. The molecule has 0 radical (unpaired) electrons. The van der Waals surface area contributed by atoms with Crippen molar-refractivity contribution in [2.75, 3.05) is 0 Å². The molecule has 0 aliphatic heterocycles. The molecule has 0 saturated heterocycles. The molecule has 2 rings (SSSR count). The first-order valence-corrected chi connectivity index (χ1v) is 8.20. The number of unbranched alkanes of at least 4 members (excludes halogenated alkanes) is 2. The Kier molecular flexibility index (Phi) is 6.21. The summed E-state index contributed by atoms with van der Waals surface area (Å²) in [6, 6.07) is 14.8. The van der Waals surface area contributed by atoms with Gasteiger partial charge in [0.2, 0.25) is 0 Å². The topological polar surface area (TPSA) is 46.5 Å². The zero-order chi connectivity index (χ0) is 16.7. The van der Waals surface area contributed by atoms with Gasteiger partial charge in [-0.05, 0) is 55.2 Å². The third-order valence-corrected chi connectivity index (χ3v) is 3.87. The number of hydrogen-bond acceptors (Lipinski definition) is 2. The first kappa shape index (κ1) is 17.1. The second-order valence-electron chi connectivity index (χ2n) is 5.83. The molecule has 0 aliphatic carbocycles. The van der Waals surface area contributed by atoms with Crippen LogP contribution < -0.4 is 4.74 Å². The second-order valence-corrected chi connectivity index (χ2v) is 5.83. The molecule has 122 valence electrons. The first-order chi connectivity index (χ1) is 11.1.